The molecule has 0 heterocycles. The van der Waals surface area contributed by atoms with E-state index in [2.05, 4.69) is 6.58 Å². The highest BCUT2D eigenvalue weighted by atomic mass is 16.6. The molecule has 34 heavy (non-hydrogen) atoms. The molecule has 5 heteroatoms. The van der Waals surface area contributed by atoms with E-state index in [-0.39, 0.29) is 0 Å². The molecule has 1 atom stereocenters. The van der Waals surface area contributed by atoms with Gasteiger partial charge in [0, 0.05) is 12.1 Å². The van der Waals surface area contributed by atoms with E-state index in [1.165, 1.54) is 6.08 Å². The van der Waals surface area contributed by atoms with Crippen molar-refractivity contribution in [2.75, 3.05) is 6.61 Å². The maximum atomic E-state index is 9.36. The SMILES string of the molecule is C=CC(O)OCCc1ccc(Oc2cccc(Oc3cccc(Oc4ccccc4)c3)c2)cc1. The van der Waals surface area contributed by atoms with E-state index in [0.717, 1.165) is 11.3 Å². The van der Waals surface area contributed by atoms with Gasteiger partial charge in [0.05, 0.1) is 6.61 Å². The fourth-order valence-electron chi connectivity index (χ4n) is 3.19. The topological polar surface area (TPSA) is 57.2 Å². The molecule has 4 aromatic carbocycles. The second-order valence-electron chi connectivity index (χ2n) is 7.46. The first-order valence-corrected chi connectivity index (χ1v) is 11.0. The molecule has 0 aliphatic rings. The molecule has 0 radical (unpaired) electrons. The molecular formula is C29H26O5. The molecule has 0 saturated carbocycles. The Morgan fingerprint density at radius 2 is 1.09 bits per heavy atom. The van der Waals surface area contributed by atoms with Gasteiger partial charge < -0.3 is 24.1 Å². The van der Waals surface area contributed by atoms with Crippen LogP contribution >= 0.6 is 0 Å². The van der Waals surface area contributed by atoms with Crippen LogP contribution in [0.1, 0.15) is 5.56 Å². The van der Waals surface area contributed by atoms with Crippen LogP contribution in [-0.2, 0) is 11.2 Å². The Morgan fingerprint density at radius 1 is 0.618 bits per heavy atom. The quantitative estimate of drug-likeness (QED) is 0.193. The van der Waals surface area contributed by atoms with Crippen molar-refractivity contribution in [2.24, 2.45) is 0 Å². The number of hydrogen-bond donors (Lipinski definition) is 1. The summed E-state index contributed by atoms with van der Waals surface area (Å²) >= 11 is 0. The van der Waals surface area contributed by atoms with Crippen LogP contribution in [0.2, 0.25) is 0 Å². The predicted molar refractivity (Wildman–Crippen MR) is 132 cm³/mol. The molecule has 1 N–H and O–H groups in total. The van der Waals surface area contributed by atoms with Crippen LogP contribution in [-0.4, -0.2) is 18.0 Å². The third-order valence-corrected chi connectivity index (χ3v) is 4.87. The fourth-order valence-corrected chi connectivity index (χ4v) is 3.19. The molecule has 172 valence electrons. The predicted octanol–water partition coefficient (Wildman–Crippen LogP) is 7.13. The standard InChI is InChI=1S/C29H26O5/c1-2-29(30)31-19-18-22-14-16-24(17-15-22)33-26-11-7-13-28(21-26)34-27-12-6-10-25(20-27)32-23-8-4-3-5-9-23/h2-17,20-21,29-30H,1,18-19H2. The van der Waals surface area contributed by atoms with Gasteiger partial charge in [-0.3, -0.25) is 0 Å². The monoisotopic (exact) mass is 454 g/mol. The summed E-state index contributed by atoms with van der Waals surface area (Å²) in [6.07, 6.45) is 1.10. The number of rotatable bonds is 11. The van der Waals surface area contributed by atoms with Crippen molar-refractivity contribution in [2.45, 2.75) is 12.7 Å². The summed E-state index contributed by atoms with van der Waals surface area (Å²) in [7, 11) is 0. The lowest BCUT2D eigenvalue weighted by Crippen LogP contribution is -2.10. The molecule has 0 amide bonds. The largest absolute Gasteiger partial charge is 0.457 e. The minimum Gasteiger partial charge on any atom is -0.457 e. The third kappa shape index (κ3) is 6.97. The van der Waals surface area contributed by atoms with E-state index in [9.17, 15) is 5.11 Å². The second kappa shape index (κ2) is 11.7. The summed E-state index contributed by atoms with van der Waals surface area (Å²) in [6, 6.07) is 32.3. The summed E-state index contributed by atoms with van der Waals surface area (Å²) in [5.74, 6) is 4.16. The summed E-state index contributed by atoms with van der Waals surface area (Å²) in [5, 5.41) is 9.36. The van der Waals surface area contributed by atoms with Crippen molar-refractivity contribution in [3.05, 3.63) is 121 Å². The van der Waals surface area contributed by atoms with Crippen LogP contribution in [0, 0.1) is 0 Å². The molecule has 0 aliphatic heterocycles. The highest BCUT2D eigenvalue weighted by Crippen LogP contribution is 2.31. The summed E-state index contributed by atoms with van der Waals surface area (Å²) in [6.45, 7) is 3.89. The zero-order valence-electron chi connectivity index (χ0n) is 18.7. The van der Waals surface area contributed by atoms with Crippen molar-refractivity contribution in [1.82, 2.24) is 0 Å². The van der Waals surface area contributed by atoms with Gasteiger partial charge in [-0.25, -0.2) is 0 Å². The molecule has 5 nitrogen and oxygen atoms in total. The summed E-state index contributed by atoms with van der Waals surface area (Å²) in [4.78, 5) is 0. The van der Waals surface area contributed by atoms with E-state index < -0.39 is 6.29 Å². The molecule has 0 aliphatic carbocycles. The fraction of sp³-hybridized carbons (Fsp3) is 0.103. The van der Waals surface area contributed by atoms with Crippen molar-refractivity contribution in [1.29, 1.82) is 0 Å². The van der Waals surface area contributed by atoms with Crippen LogP contribution < -0.4 is 14.2 Å². The summed E-state index contributed by atoms with van der Waals surface area (Å²) < 4.78 is 23.1. The van der Waals surface area contributed by atoms with E-state index >= 15 is 0 Å². The molecule has 4 rings (SSSR count). The zero-order chi connectivity index (χ0) is 23.6. The number of aliphatic hydroxyl groups excluding tert-OH is 1. The van der Waals surface area contributed by atoms with Crippen LogP contribution in [0.15, 0.2) is 116 Å². The van der Waals surface area contributed by atoms with Gasteiger partial charge in [-0.15, -0.1) is 0 Å². The van der Waals surface area contributed by atoms with Crippen LogP contribution in [0.5, 0.6) is 34.5 Å². The molecule has 0 aromatic heterocycles. The normalized spacial score (nSPS) is 11.4. The van der Waals surface area contributed by atoms with Crippen LogP contribution in [0.25, 0.3) is 0 Å². The first kappa shape index (κ1) is 23.1. The Balaban J connectivity index is 1.35. The molecule has 0 fully saturated rings. The van der Waals surface area contributed by atoms with E-state index in [0.29, 0.717) is 41.8 Å². The van der Waals surface area contributed by atoms with Gasteiger partial charge in [0.1, 0.15) is 34.5 Å². The number of ether oxygens (including phenoxy) is 4. The van der Waals surface area contributed by atoms with Gasteiger partial charge in [0.15, 0.2) is 6.29 Å². The lowest BCUT2D eigenvalue weighted by atomic mass is 10.1. The van der Waals surface area contributed by atoms with Gasteiger partial charge in [-0.2, -0.15) is 0 Å². The van der Waals surface area contributed by atoms with Crippen LogP contribution in [0.4, 0.5) is 0 Å². The Labute approximate surface area is 199 Å². The van der Waals surface area contributed by atoms with E-state index in [4.69, 9.17) is 18.9 Å². The Hall–Kier alpha value is -4.06. The van der Waals surface area contributed by atoms with E-state index in [1.807, 2.05) is 103 Å². The van der Waals surface area contributed by atoms with Gasteiger partial charge >= 0.3 is 0 Å². The first-order chi connectivity index (χ1) is 16.7. The molecule has 0 bridgehead atoms. The average Bonchev–Trinajstić information content (AvgIpc) is 2.86. The minimum absolute atomic E-state index is 0.407. The number of aliphatic hydroxyl groups is 1. The smallest absolute Gasteiger partial charge is 0.173 e. The van der Waals surface area contributed by atoms with Gasteiger partial charge in [0.25, 0.3) is 0 Å². The molecule has 0 saturated heterocycles. The number of hydrogen-bond acceptors (Lipinski definition) is 5. The number of para-hydroxylation sites is 1. The lowest BCUT2D eigenvalue weighted by Gasteiger charge is -2.11. The molecule has 1 unspecified atom stereocenters. The molecule has 0 spiro atoms. The van der Waals surface area contributed by atoms with Crippen molar-refractivity contribution in [3.8, 4) is 34.5 Å². The van der Waals surface area contributed by atoms with Crippen molar-refractivity contribution in [3.63, 3.8) is 0 Å². The van der Waals surface area contributed by atoms with Crippen LogP contribution in [0.3, 0.4) is 0 Å². The maximum Gasteiger partial charge on any atom is 0.173 e. The lowest BCUT2D eigenvalue weighted by molar-refractivity contribution is -0.0625. The van der Waals surface area contributed by atoms with Gasteiger partial charge in [-0.1, -0.05) is 49.0 Å². The highest BCUT2D eigenvalue weighted by molar-refractivity contribution is 5.42. The molecular weight excluding hydrogens is 428 g/mol. The maximum absolute atomic E-state index is 9.36. The Kier molecular flexibility index (Phi) is 7.95. The first-order valence-electron chi connectivity index (χ1n) is 11.0. The second-order valence-corrected chi connectivity index (χ2v) is 7.46. The average molecular weight is 455 g/mol. The minimum atomic E-state index is -0.934. The van der Waals surface area contributed by atoms with Gasteiger partial charge in [0.2, 0.25) is 0 Å². The molecule has 4 aromatic rings. The van der Waals surface area contributed by atoms with Crippen molar-refractivity contribution >= 4 is 0 Å². The Bertz CT molecular complexity index is 1190. The Morgan fingerprint density at radius 3 is 1.62 bits per heavy atom. The van der Waals surface area contributed by atoms with E-state index in [1.54, 1.807) is 0 Å². The van der Waals surface area contributed by atoms with Crippen molar-refractivity contribution < 1.29 is 24.1 Å². The third-order valence-electron chi connectivity index (χ3n) is 4.87. The summed E-state index contributed by atoms with van der Waals surface area (Å²) in [5.41, 5.74) is 1.08. The zero-order valence-corrected chi connectivity index (χ0v) is 18.7. The number of benzene rings is 4. The van der Waals surface area contributed by atoms with Gasteiger partial charge in [-0.05, 0) is 66.6 Å². The highest BCUT2D eigenvalue weighted by Gasteiger charge is 2.05.